The van der Waals surface area contributed by atoms with Crippen LogP contribution >= 0.6 is 11.8 Å². The molecule has 146 valence electrons. The fourth-order valence-electron chi connectivity index (χ4n) is 3.49. The largest absolute Gasteiger partial charge is 0.497 e. The number of rotatable bonds is 6. The molecule has 0 atom stereocenters. The lowest BCUT2D eigenvalue weighted by atomic mass is 9.99. The summed E-state index contributed by atoms with van der Waals surface area (Å²) < 4.78 is 10.8. The van der Waals surface area contributed by atoms with Crippen molar-refractivity contribution in [3.63, 3.8) is 0 Å². The highest BCUT2D eigenvalue weighted by Gasteiger charge is 2.34. The Balaban J connectivity index is 1.48. The van der Waals surface area contributed by atoms with Gasteiger partial charge in [-0.25, -0.2) is 0 Å². The number of thioether (sulfide) groups is 1. The van der Waals surface area contributed by atoms with Gasteiger partial charge in [-0.3, -0.25) is 4.79 Å². The third-order valence-corrected chi connectivity index (χ3v) is 6.62. The predicted molar refractivity (Wildman–Crippen MR) is 112 cm³/mol. The number of H-pyrrole nitrogens is 1. The van der Waals surface area contributed by atoms with Gasteiger partial charge in [-0.15, -0.1) is 11.8 Å². The molecule has 2 heterocycles. The van der Waals surface area contributed by atoms with E-state index in [1.54, 1.807) is 7.11 Å². The van der Waals surface area contributed by atoms with Crippen molar-refractivity contribution in [2.75, 3.05) is 26.9 Å². The average molecular weight is 397 g/mol. The first-order valence-corrected chi connectivity index (χ1v) is 10.3. The Kier molecular flexibility index (Phi) is 5.59. The van der Waals surface area contributed by atoms with Crippen molar-refractivity contribution in [3.05, 3.63) is 60.3 Å². The molecule has 5 nitrogen and oxygen atoms in total. The number of ether oxygens (including phenoxy) is 2. The lowest BCUT2D eigenvalue weighted by molar-refractivity contribution is 0.0740. The molecule has 0 bridgehead atoms. The van der Waals surface area contributed by atoms with E-state index in [4.69, 9.17) is 9.47 Å². The van der Waals surface area contributed by atoms with Crippen LogP contribution in [0.3, 0.4) is 0 Å². The van der Waals surface area contributed by atoms with E-state index in [9.17, 15) is 4.79 Å². The van der Waals surface area contributed by atoms with E-state index < -0.39 is 0 Å². The summed E-state index contributed by atoms with van der Waals surface area (Å²) in [4.78, 5) is 17.2. The van der Waals surface area contributed by atoms with E-state index in [-0.39, 0.29) is 10.7 Å². The summed E-state index contributed by atoms with van der Waals surface area (Å²) in [5.74, 6) is 0.677. The molecule has 2 N–H and O–H groups in total. The number of aromatic amines is 1. The molecule has 28 heavy (non-hydrogen) atoms. The maximum atomic E-state index is 12.8. The van der Waals surface area contributed by atoms with Gasteiger partial charge in [0.25, 0.3) is 5.91 Å². The lowest BCUT2D eigenvalue weighted by Gasteiger charge is -2.36. The summed E-state index contributed by atoms with van der Waals surface area (Å²) in [6.45, 7) is 2.05. The fourth-order valence-corrected chi connectivity index (χ4v) is 4.80. The van der Waals surface area contributed by atoms with Crippen LogP contribution < -0.4 is 10.1 Å². The number of hydrogen-bond acceptors (Lipinski definition) is 4. The van der Waals surface area contributed by atoms with E-state index in [1.807, 2.05) is 54.2 Å². The third kappa shape index (κ3) is 4.18. The van der Waals surface area contributed by atoms with Gasteiger partial charge >= 0.3 is 0 Å². The first-order chi connectivity index (χ1) is 13.7. The predicted octanol–water partition coefficient (Wildman–Crippen LogP) is 4.25. The normalized spacial score (nSPS) is 16.0. The van der Waals surface area contributed by atoms with E-state index in [0.717, 1.165) is 42.7 Å². The Morgan fingerprint density at radius 1 is 1.18 bits per heavy atom. The Hall–Kier alpha value is -2.44. The summed E-state index contributed by atoms with van der Waals surface area (Å²) in [5.41, 5.74) is 1.46. The van der Waals surface area contributed by atoms with Crippen LogP contribution in [0.2, 0.25) is 0 Å². The smallest absolute Gasteiger partial charge is 0.267 e. The van der Waals surface area contributed by atoms with Crippen LogP contribution in [0.5, 0.6) is 5.75 Å². The fraction of sp³-hybridized carbons (Fsp3) is 0.318. The molecule has 4 rings (SSSR count). The highest BCUT2D eigenvalue weighted by Crippen LogP contribution is 2.40. The summed E-state index contributed by atoms with van der Waals surface area (Å²) in [6.07, 6.45) is 1.83. The average Bonchev–Trinajstić information content (AvgIpc) is 3.17. The molecule has 0 spiro atoms. The van der Waals surface area contributed by atoms with Gasteiger partial charge in [0.05, 0.1) is 7.11 Å². The molecule has 1 aliphatic rings. The van der Waals surface area contributed by atoms with Crippen LogP contribution in [0.25, 0.3) is 10.9 Å². The molecule has 1 aromatic heterocycles. The number of fused-ring (bicyclic) bond motifs is 1. The number of carbonyl (C=O) groups is 1. The maximum Gasteiger partial charge on any atom is 0.267 e. The van der Waals surface area contributed by atoms with Gasteiger partial charge in [0.1, 0.15) is 11.4 Å². The molecule has 1 saturated heterocycles. The van der Waals surface area contributed by atoms with Gasteiger partial charge < -0.3 is 19.8 Å². The number of aromatic nitrogens is 1. The Morgan fingerprint density at radius 2 is 1.96 bits per heavy atom. The maximum absolute atomic E-state index is 12.8. The lowest BCUT2D eigenvalue weighted by Crippen LogP contribution is -2.44. The molecule has 0 aliphatic carbocycles. The van der Waals surface area contributed by atoms with Crippen LogP contribution in [0.4, 0.5) is 0 Å². The minimum Gasteiger partial charge on any atom is -0.497 e. The van der Waals surface area contributed by atoms with Crippen LogP contribution in [-0.4, -0.2) is 42.5 Å². The quantitative estimate of drug-likeness (QED) is 0.654. The van der Waals surface area contributed by atoms with Gasteiger partial charge in [-0.2, -0.15) is 0 Å². The number of hydrogen-bond donors (Lipinski definition) is 2. The van der Waals surface area contributed by atoms with Crippen LogP contribution in [-0.2, 0) is 4.74 Å². The first-order valence-electron chi connectivity index (χ1n) is 9.44. The monoisotopic (exact) mass is 396 g/mol. The molecule has 6 heteroatoms. The van der Waals surface area contributed by atoms with E-state index in [1.165, 1.54) is 4.90 Å². The molecule has 0 radical (unpaired) electrons. The Labute approximate surface area is 168 Å². The Bertz CT molecular complexity index is 949. The first kappa shape index (κ1) is 18.9. The van der Waals surface area contributed by atoms with Gasteiger partial charge in [0.15, 0.2) is 0 Å². The van der Waals surface area contributed by atoms with Crippen molar-refractivity contribution in [1.82, 2.24) is 10.3 Å². The SMILES string of the molecule is COc1ccc2cc(C(=O)NCC3(Sc4ccccc4)CCOCC3)[nH]c2c1. The number of nitrogens with one attached hydrogen (secondary N) is 2. The second-order valence-electron chi connectivity index (χ2n) is 7.03. The molecule has 1 fully saturated rings. The highest BCUT2D eigenvalue weighted by atomic mass is 32.2. The molecule has 0 saturated carbocycles. The zero-order valence-electron chi connectivity index (χ0n) is 15.9. The zero-order valence-corrected chi connectivity index (χ0v) is 16.7. The Morgan fingerprint density at radius 3 is 2.71 bits per heavy atom. The summed E-state index contributed by atoms with van der Waals surface area (Å²) in [7, 11) is 1.63. The van der Waals surface area contributed by atoms with Crippen molar-refractivity contribution in [3.8, 4) is 5.75 Å². The summed E-state index contributed by atoms with van der Waals surface area (Å²) in [6, 6.07) is 18.0. The molecule has 1 aliphatic heterocycles. The van der Waals surface area contributed by atoms with Crippen molar-refractivity contribution in [2.45, 2.75) is 22.5 Å². The second kappa shape index (κ2) is 8.29. The number of methoxy groups -OCH3 is 1. The van der Waals surface area contributed by atoms with E-state index >= 15 is 0 Å². The minimum atomic E-state index is -0.0882. The van der Waals surface area contributed by atoms with Crippen molar-refractivity contribution in [2.24, 2.45) is 0 Å². The van der Waals surface area contributed by atoms with Crippen molar-refractivity contribution < 1.29 is 14.3 Å². The van der Waals surface area contributed by atoms with Crippen molar-refractivity contribution in [1.29, 1.82) is 0 Å². The van der Waals surface area contributed by atoms with Gasteiger partial charge in [0, 0.05) is 46.4 Å². The topological polar surface area (TPSA) is 63.4 Å². The minimum absolute atomic E-state index is 0.0511. The second-order valence-corrected chi connectivity index (χ2v) is 8.57. The molecular formula is C22H24N2O3S. The van der Waals surface area contributed by atoms with E-state index in [0.29, 0.717) is 12.2 Å². The third-order valence-electron chi connectivity index (χ3n) is 5.13. The van der Waals surface area contributed by atoms with Crippen LogP contribution in [0, 0.1) is 0 Å². The summed E-state index contributed by atoms with van der Waals surface area (Å²) >= 11 is 1.84. The van der Waals surface area contributed by atoms with Gasteiger partial charge in [-0.05, 0) is 43.2 Å². The van der Waals surface area contributed by atoms with E-state index in [2.05, 4.69) is 22.4 Å². The van der Waals surface area contributed by atoms with Crippen molar-refractivity contribution >= 4 is 28.6 Å². The van der Waals surface area contributed by atoms with Gasteiger partial charge in [-0.1, -0.05) is 18.2 Å². The molecule has 3 aromatic rings. The molecule has 1 amide bonds. The standard InChI is InChI=1S/C22H24N2O3S/c1-26-17-8-7-16-13-20(24-19(16)14-17)21(25)23-15-22(9-11-27-12-10-22)28-18-5-3-2-4-6-18/h2-8,13-14,24H,9-12,15H2,1H3,(H,23,25). The molecule has 0 unspecified atom stereocenters. The summed E-state index contributed by atoms with van der Waals surface area (Å²) in [5, 5.41) is 4.13. The molecule has 2 aromatic carbocycles. The van der Waals surface area contributed by atoms with Crippen LogP contribution in [0.15, 0.2) is 59.5 Å². The number of carbonyl (C=O) groups excluding carboxylic acids is 1. The number of benzene rings is 2. The molecular weight excluding hydrogens is 372 g/mol. The number of amides is 1. The highest BCUT2D eigenvalue weighted by molar-refractivity contribution is 8.00. The van der Waals surface area contributed by atoms with Crippen LogP contribution in [0.1, 0.15) is 23.3 Å². The zero-order chi connectivity index (χ0) is 19.4. The van der Waals surface area contributed by atoms with Gasteiger partial charge in [0.2, 0.25) is 0 Å².